The van der Waals surface area contributed by atoms with Gasteiger partial charge in [0.2, 0.25) is 17.7 Å². The van der Waals surface area contributed by atoms with Crippen molar-refractivity contribution in [2.45, 2.75) is 33.6 Å². The third kappa shape index (κ3) is 4.96. The summed E-state index contributed by atoms with van der Waals surface area (Å²) in [6.45, 7) is 9.28. The van der Waals surface area contributed by atoms with Crippen molar-refractivity contribution in [3.63, 3.8) is 0 Å². The summed E-state index contributed by atoms with van der Waals surface area (Å²) >= 11 is 1.41. The molecule has 0 unspecified atom stereocenters. The molecule has 1 fully saturated rings. The van der Waals surface area contributed by atoms with E-state index in [-0.39, 0.29) is 37.1 Å². The molecule has 3 amide bonds. The first-order chi connectivity index (χ1) is 14.5. The minimum atomic E-state index is -0.296. The van der Waals surface area contributed by atoms with Gasteiger partial charge >= 0.3 is 0 Å². The van der Waals surface area contributed by atoms with Crippen LogP contribution in [0.4, 0.5) is 5.13 Å². The Labute approximate surface area is 180 Å². The van der Waals surface area contributed by atoms with Gasteiger partial charge in [-0.25, -0.2) is 4.98 Å². The number of hydrogen-bond donors (Lipinski definition) is 0. The second kappa shape index (κ2) is 9.99. The molecule has 0 saturated carbocycles. The molecule has 1 aliphatic rings. The van der Waals surface area contributed by atoms with Crippen LogP contribution in [0.3, 0.4) is 0 Å². The average Bonchev–Trinajstić information content (AvgIpc) is 3.29. The Kier molecular flexibility index (Phi) is 7.38. The minimum Gasteiger partial charge on any atom is -0.494 e. The maximum absolute atomic E-state index is 13.1. The summed E-state index contributed by atoms with van der Waals surface area (Å²) in [5.74, 6) is -0.116. The molecule has 0 spiro atoms. The minimum absolute atomic E-state index is 0.174. The van der Waals surface area contributed by atoms with Gasteiger partial charge < -0.3 is 9.64 Å². The number of likely N-dealkylation sites (N-methyl/N-ethyl adjacent to an activating group) is 1. The van der Waals surface area contributed by atoms with Crippen molar-refractivity contribution >= 4 is 44.4 Å². The summed E-state index contributed by atoms with van der Waals surface area (Å²) in [6.07, 6.45) is 0.347. The number of nitrogens with zero attached hydrogens (tertiary/aromatic N) is 4. The van der Waals surface area contributed by atoms with Crippen molar-refractivity contribution in [3.05, 3.63) is 18.2 Å². The summed E-state index contributed by atoms with van der Waals surface area (Å²) in [4.78, 5) is 46.6. The first-order valence-electron chi connectivity index (χ1n) is 10.4. The van der Waals surface area contributed by atoms with Crippen molar-refractivity contribution in [1.29, 1.82) is 0 Å². The van der Waals surface area contributed by atoms with Crippen LogP contribution >= 0.6 is 11.3 Å². The van der Waals surface area contributed by atoms with Crippen LogP contribution in [-0.2, 0) is 14.4 Å². The lowest BCUT2D eigenvalue weighted by Gasteiger charge is -2.26. The third-order valence-electron chi connectivity index (χ3n) is 5.17. The molecule has 3 rings (SSSR count). The lowest BCUT2D eigenvalue weighted by Crippen LogP contribution is -2.45. The first kappa shape index (κ1) is 22.2. The van der Waals surface area contributed by atoms with E-state index in [9.17, 15) is 14.4 Å². The van der Waals surface area contributed by atoms with Crippen LogP contribution in [0.15, 0.2) is 18.2 Å². The van der Waals surface area contributed by atoms with Crippen molar-refractivity contribution in [3.8, 4) is 5.75 Å². The molecule has 2 aromatic rings. The zero-order chi connectivity index (χ0) is 21.7. The SMILES string of the molecule is CCOc1ccc2nc(N(CCN(CC)CC)C(=O)CN3C(=O)CCC3=O)sc2c1. The van der Waals surface area contributed by atoms with Crippen molar-refractivity contribution in [2.24, 2.45) is 0 Å². The predicted octanol–water partition coefficient (Wildman–Crippen LogP) is 2.52. The fraction of sp³-hybridized carbons (Fsp3) is 0.524. The monoisotopic (exact) mass is 432 g/mol. The number of carbonyl (C=O) groups is 3. The van der Waals surface area contributed by atoms with Crippen molar-refractivity contribution in [1.82, 2.24) is 14.8 Å². The van der Waals surface area contributed by atoms with E-state index in [0.717, 1.165) is 34.0 Å². The van der Waals surface area contributed by atoms with E-state index in [1.165, 1.54) is 11.3 Å². The molecule has 0 radical (unpaired) electrons. The van der Waals surface area contributed by atoms with Gasteiger partial charge in [0.05, 0.1) is 16.8 Å². The molecular weight excluding hydrogens is 404 g/mol. The van der Waals surface area contributed by atoms with Crippen molar-refractivity contribution in [2.75, 3.05) is 44.2 Å². The van der Waals surface area contributed by atoms with E-state index >= 15 is 0 Å². The van der Waals surface area contributed by atoms with E-state index in [1.807, 2.05) is 25.1 Å². The summed E-state index contributed by atoms with van der Waals surface area (Å²) in [6, 6.07) is 5.65. The van der Waals surface area contributed by atoms with Gasteiger partial charge in [0.25, 0.3) is 0 Å². The molecule has 8 nitrogen and oxygen atoms in total. The molecule has 0 aliphatic carbocycles. The molecule has 0 bridgehead atoms. The Bertz CT molecular complexity index is 909. The van der Waals surface area contributed by atoms with Crippen LogP contribution in [0, 0.1) is 0 Å². The number of rotatable bonds is 10. The van der Waals surface area contributed by atoms with E-state index in [0.29, 0.717) is 24.8 Å². The number of hydrogen-bond acceptors (Lipinski definition) is 7. The molecule has 162 valence electrons. The Morgan fingerprint density at radius 1 is 1.13 bits per heavy atom. The van der Waals surface area contributed by atoms with Crippen LogP contribution in [0.2, 0.25) is 0 Å². The van der Waals surface area contributed by atoms with Gasteiger partial charge in [0.1, 0.15) is 12.3 Å². The number of imide groups is 1. The number of aromatic nitrogens is 1. The lowest BCUT2D eigenvalue weighted by atomic mass is 10.3. The smallest absolute Gasteiger partial charge is 0.248 e. The van der Waals surface area contributed by atoms with E-state index in [1.54, 1.807) is 4.90 Å². The molecule has 1 aliphatic heterocycles. The maximum Gasteiger partial charge on any atom is 0.248 e. The Balaban J connectivity index is 1.86. The highest BCUT2D eigenvalue weighted by Gasteiger charge is 2.32. The Morgan fingerprint density at radius 3 is 2.47 bits per heavy atom. The highest BCUT2D eigenvalue weighted by molar-refractivity contribution is 7.22. The fourth-order valence-corrected chi connectivity index (χ4v) is 4.43. The normalized spacial score (nSPS) is 14.2. The number of likely N-dealkylation sites (tertiary alicyclic amines) is 1. The molecule has 1 aromatic carbocycles. The van der Waals surface area contributed by atoms with Crippen LogP contribution in [0.5, 0.6) is 5.75 Å². The topological polar surface area (TPSA) is 83.1 Å². The molecule has 0 atom stereocenters. The second-order valence-corrected chi connectivity index (χ2v) is 8.01. The van der Waals surface area contributed by atoms with Gasteiger partial charge in [-0.1, -0.05) is 25.2 Å². The highest BCUT2D eigenvalue weighted by Crippen LogP contribution is 2.32. The van der Waals surface area contributed by atoms with Crippen LogP contribution in [-0.4, -0.2) is 71.8 Å². The third-order valence-corrected chi connectivity index (χ3v) is 6.22. The van der Waals surface area contributed by atoms with Gasteiger partial charge in [0, 0.05) is 25.9 Å². The molecule has 0 N–H and O–H groups in total. The summed E-state index contributed by atoms with van der Waals surface area (Å²) < 4.78 is 6.48. The second-order valence-electron chi connectivity index (χ2n) is 7.00. The van der Waals surface area contributed by atoms with Crippen molar-refractivity contribution < 1.29 is 19.1 Å². The molecule has 1 aromatic heterocycles. The van der Waals surface area contributed by atoms with Crippen LogP contribution in [0.1, 0.15) is 33.6 Å². The number of carbonyl (C=O) groups excluding carboxylic acids is 3. The van der Waals surface area contributed by atoms with Gasteiger partial charge in [-0.3, -0.25) is 24.2 Å². The number of benzene rings is 1. The number of ether oxygens (including phenoxy) is 1. The lowest BCUT2D eigenvalue weighted by molar-refractivity contribution is -0.141. The summed E-state index contributed by atoms with van der Waals surface area (Å²) in [5.41, 5.74) is 0.785. The number of amides is 3. The molecular formula is C21H28N4O4S. The van der Waals surface area contributed by atoms with Gasteiger partial charge in [-0.15, -0.1) is 0 Å². The van der Waals surface area contributed by atoms with E-state index in [4.69, 9.17) is 4.74 Å². The molecule has 9 heteroatoms. The quantitative estimate of drug-likeness (QED) is 0.537. The number of fused-ring (bicyclic) bond motifs is 1. The standard InChI is InChI=1S/C21H28N4O4S/c1-4-23(5-2)11-12-24(20(28)14-25-18(26)9-10-19(25)27)21-22-16-8-7-15(29-6-3)13-17(16)30-21/h7-8,13H,4-6,9-12,14H2,1-3H3. The zero-order valence-electron chi connectivity index (χ0n) is 17.7. The van der Waals surface area contributed by atoms with E-state index < -0.39 is 0 Å². The number of anilines is 1. The number of thiazole rings is 1. The average molecular weight is 433 g/mol. The summed E-state index contributed by atoms with van der Waals surface area (Å²) in [7, 11) is 0. The van der Waals surface area contributed by atoms with Gasteiger partial charge in [-0.2, -0.15) is 0 Å². The Hall–Kier alpha value is -2.52. The fourth-order valence-electron chi connectivity index (χ4n) is 3.39. The highest BCUT2D eigenvalue weighted by atomic mass is 32.1. The van der Waals surface area contributed by atoms with Gasteiger partial charge in [0.15, 0.2) is 5.13 Å². The largest absolute Gasteiger partial charge is 0.494 e. The maximum atomic E-state index is 13.1. The first-order valence-corrected chi connectivity index (χ1v) is 11.2. The zero-order valence-corrected chi connectivity index (χ0v) is 18.5. The van der Waals surface area contributed by atoms with Crippen LogP contribution < -0.4 is 9.64 Å². The van der Waals surface area contributed by atoms with Gasteiger partial charge in [-0.05, 0) is 38.2 Å². The van der Waals surface area contributed by atoms with Crippen LogP contribution in [0.25, 0.3) is 10.2 Å². The Morgan fingerprint density at radius 2 is 1.83 bits per heavy atom. The molecule has 1 saturated heterocycles. The molecule has 30 heavy (non-hydrogen) atoms. The molecule has 2 heterocycles. The summed E-state index contributed by atoms with van der Waals surface area (Å²) in [5, 5.41) is 0.565. The predicted molar refractivity (Wildman–Crippen MR) is 117 cm³/mol. The van der Waals surface area contributed by atoms with E-state index in [2.05, 4.69) is 23.7 Å².